The van der Waals surface area contributed by atoms with Crippen molar-refractivity contribution < 1.29 is 17.6 Å². The summed E-state index contributed by atoms with van der Waals surface area (Å²) in [5, 5.41) is 6.52. The topological polar surface area (TPSA) is 49.6 Å². The van der Waals surface area contributed by atoms with E-state index in [0.717, 1.165) is 17.9 Å². The average Bonchev–Trinajstić information content (AvgIpc) is 2.84. The van der Waals surface area contributed by atoms with Crippen LogP contribution in [0.4, 0.5) is 18.9 Å². The van der Waals surface area contributed by atoms with Crippen LogP contribution in [-0.2, 0) is 6.18 Å². The van der Waals surface area contributed by atoms with Gasteiger partial charge < -0.3 is 9.73 Å². The second-order valence-corrected chi connectivity index (χ2v) is 4.76. The fourth-order valence-electron chi connectivity index (χ4n) is 1.61. The van der Waals surface area contributed by atoms with E-state index in [1.807, 2.05) is 0 Å². The molecular weight excluding hydrogens is 315 g/mol. The van der Waals surface area contributed by atoms with Gasteiger partial charge in [-0.2, -0.15) is 18.3 Å². The Morgan fingerprint density at radius 1 is 1.27 bits per heavy atom. The summed E-state index contributed by atoms with van der Waals surface area (Å²) in [7, 11) is 0. The van der Waals surface area contributed by atoms with E-state index < -0.39 is 11.7 Å². The van der Waals surface area contributed by atoms with Gasteiger partial charge in [-0.3, -0.25) is 5.43 Å². The van der Waals surface area contributed by atoms with E-state index in [1.54, 1.807) is 19.1 Å². The van der Waals surface area contributed by atoms with E-state index in [9.17, 15) is 13.2 Å². The Morgan fingerprint density at radius 3 is 2.68 bits per heavy atom. The number of alkyl halides is 3. The number of hydrazone groups is 1. The highest BCUT2D eigenvalue weighted by atomic mass is 32.1. The molecule has 4 nitrogen and oxygen atoms in total. The maximum atomic E-state index is 12.6. The smallest absolute Gasteiger partial charge is 0.416 e. The average molecular weight is 327 g/mol. The van der Waals surface area contributed by atoms with Crippen molar-refractivity contribution >= 4 is 29.2 Å². The van der Waals surface area contributed by atoms with Crippen molar-refractivity contribution in [1.29, 1.82) is 0 Å². The number of furan rings is 1. The molecule has 0 amide bonds. The zero-order valence-corrected chi connectivity index (χ0v) is 12.3. The number of benzene rings is 1. The van der Waals surface area contributed by atoms with Crippen LogP contribution in [0.25, 0.3) is 0 Å². The van der Waals surface area contributed by atoms with Gasteiger partial charge in [0.15, 0.2) is 5.11 Å². The van der Waals surface area contributed by atoms with Crippen LogP contribution in [0.1, 0.15) is 17.1 Å². The van der Waals surface area contributed by atoms with Crippen LogP contribution in [0.3, 0.4) is 0 Å². The number of rotatable bonds is 3. The number of hydrogen-bond acceptors (Lipinski definition) is 3. The van der Waals surface area contributed by atoms with Crippen molar-refractivity contribution in [1.82, 2.24) is 5.43 Å². The van der Waals surface area contributed by atoms with Gasteiger partial charge in [-0.1, -0.05) is 6.07 Å². The molecule has 0 spiro atoms. The molecule has 1 aromatic carbocycles. The van der Waals surface area contributed by atoms with E-state index in [2.05, 4.69) is 15.8 Å². The third kappa shape index (κ3) is 4.59. The Labute approximate surface area is 130 Å². The Kier molecular flexibility index (Phi) is 4.81. The zero-order valence-electron chi connectivity index (χ0n) is 11.4. The highest BCUT2D eigenvalue weighted by molar-refractivity contribution is 7.80. The molecular formula is C14H12F3N3OS. The maximum absolute atomic E-state index is 12.6. The molecule has 0 bridgehead atoms. The number of halogens is 3. The first-order chi connectivity index (χ1) is 10.3. The molecule has 0 saturated heterocycles. The van der Waals surface area contributed by atoms with Crippen molar-refractivity contribution in [3.63, 3.8) is 0 Å². The Bertz CT molecular complexity index is 695. The summed E-state index contributed by atoms with van der Waals surface area (Å²) in [5.74, 6) is 1.28. The van der Waals surface area contributed by atoms with Gasteiger partial charge in [-0.15, -0.1) is 0 Å². The highest BCUT2D eigenvalue weighted by Crippen LogP contribution is 2.30. The zero-order chi connectivity index (χ0) is 16.2. The summed E-state index contributed by atoms with van der Waals surface area (Å²) in [6.45, 7) is 1.80. The number of anilines is 1. The summed E-state index contributed by atoms with van der Waals surface area (Å²) < 4.78 is 43.0. The molecule has 22 heavy (non-hydrogen) atoms. The largest absolute Gasteiger partial charge is 0.460 e. The van der Waals surface area contributed by atoms with Crippen molar-refractivity contribution in [2.45, 2.75) is 13.1 Å². The summed E-state index contributed by atoms with van der Waals surface area (Å²) in [4.78, 5) is 0. The molecule has 0 unspecified atom stereocenters. The predicted octanol–water partition coefficient (Wildman–Crippen LogP) is 3.93. The van der Waals surface area contributed by atoms with Crippen LogP contribution < -0.4 is 10.7 Å². The van der Waals surface area contributed by atoms with Crippen LogP contribution in [-0.4, -0.2) is 11.3 Å². The molecule has 0 aliphatic heterocycles. The van der Waals surface area contributed by atoms with Crippen LogP contribution in [0.15, 0.2) is 45.9 Å². The Balaban J connectivity index is 1.93. The Morgan fingerprint density at radius 2 is 2.05 bits per heavy atom. The first-order valence-electron chi connectivity index (χ1n) is 6.18. The maximum Gasteiger partial charge on any atom is 0.416 e. The number of nitrogens with zero attached hydrogens (tertiary/aromatic N) is 1. The van der Waals surface area contributed by atoms with Crippen LogP contribution in [0.5, 0.6) is 0 Å². The quantitative estimate of drug-likeness (QED) is 0.509. The van der Waals surface area contributed by atoms with Crippen molar-refractivity contribution in [3.05, 3.63) is 53.5 Å². The molecule has 0 radical (unpaired) electrons. The summed E-state index contributed by atoms with van der Waals surface area (Å²) in [6.07, 6.45) is -2.99. The lowest BCUT2D eigenvalue weighted by molar-refractivity contribution is -0.137. The number of thiocarbonyl (C=S) groups is 1. The molecule has 1 aromatic heterocycles. The lowest BCUT2D eigenvalue weighted by Crippen LogP contribution is -2.24. The number of hydrogen-bond donors (Lipinski definition) is 2. The highest BCUT2D eigenvalue weighted by Gasteiger charge is 2.30. The molecule has 1 heterocycles. The molecule has 0 fully saturated rings. The van der Waals surface area contributed by atoms with E-state index in [0.29, 0.717) is 5.76 Å². The summed E-state index contributed by atoms with van der Waals surface area (Å²) >= 11 is 4.95. The van der Waals surface area contributed by atoms with Gasteiger partial charge in [0.1, 0.15) is 11.5 Å². The molecule has 8 heteroatoms. The molecule has 2 rings (SSSR count). The first kappa shape index (κ1) is 16.0. The van der Waals surface area contributed by atoms with Gasteiger partial charge >= 0.3 is 6.18 Å². The SMILES string of the molecule is Cc1ccc(/C=N/NC(=S)Nc2cccc(C(F)(F)F)c2)o1. The van der Waals surface area contributed by atoms with Crippen molar-refractivity contribution in [2.75, 3.05) is 5.32 Å². The van der Waals surface area contributed by atoms with Crippen LogP contribution >= 0.6 is 12.2 Å². The standard InChI is InChI=1S/C14H12F3N3OS/c1-9-5-6-12(21-9)8-18-20-13(22)19-11-4-2-3-10(7-11)14(15,16)17/h2-8H,1H3,(H2,19,20,22)/b18-8+. The predicted molar refractivity (Wildman–Crippen MR) is 81.8 cm³/mol. The lowest BCUT2D eigenvalue weighted by atomic mass is 10.2. The normalized spacial score (nSPS) is 11.6. The third-order valence-corrected chi connectivity index (χ3v) is 2.76. The van der Waals surface area contributed by atoms with Crippen molar-refractivity contribution in [2.24, 2.45) is 5.10 Å². The van der Waals surface area contributed by atoms with Crippen LogP contribution in [0, 0.1) is 6.92 Å². The van der Waals surface area contributed by atoms with E-state index in [-0.39, 0.29) is 10.8 Å². The van der Waals surface area contributed by atoms with Gasteiger partial charge in [0, 0.05) is 5.69 Å². The lowest BCUT2D eigenvalue weighted by Gasteiger charge is -2.10. The summed E-state index contributed by atoms with van der Waals surface area (Å²) in [6, 6.07) is 8.22. The van der Waals surface area contributed by atoms with E-state index >= 15 is 0 Å². The minimum absolute atomic E-state index is 0.0684. The van der Waals surface area contributed by atoms with Gasteiger partial charge in [-0.05, 0) is 49.5 Å². The van der Waals surface area contributed by atoms with Gasteiger partial charge in [0.05, 0.1) is 11.8 Å². The number of aryl methyl sites for hydroxylation is 1. The van der Waals surface area contributed by atoms with E-state index in [4.69, 9.17) is 16.6 Å². The minimum atomic E-state index is -4.40. The van der Waals surface area contributed by atoms with Gasteiger partial charge in [0.2, 0.25) is 0 Å². The fraction of sp³-hybridized carbons (Fsp3) is 0.143. The second kappa shape index (κ2) is 6.61. The van der Waals surface area contributed by atoms with Gasteiger partial charge in [-0.25, -0.2) is 0 Å². The van der Waals surface area contributed by atoms with Gasteiger partial charge in [0.25, 0.3) is 0 Å². The molecule has 2 N–H and O–H groups in total. The minimum Gasteiger partial charge on any atom is -0.460 e. The third-order valence-electron chi connectivity index (χ3n) is 2.57. The summed E-state index contributed by atoms with van der Waals surface area (Å²) in [5.41, 5.74) is 1.96. The first-order valence-corrected chi connectivity index (χ1v) is 6.59. The van der Waals surface area contributed by atoms with E-state index in [1.165, 1.54) is 18.3 Å². The second-order valence-electron chi connectivity index (χ2n) is 4.35. The van der Waals surface area contributed by atoms with Crippen molar-refractivity contribution in [3.8, 4) is 0 Å². The van der Waals surface area contributed by atoms with Crippen LogP contribution in [0.2, 0.25) is 0 Å². The Hall–Kier alpha value is -2.35. The number of nitrogens with one attached hydrogen (secondary N) is 2. The fourth-order valence-corrected chi connectivity index (χ4v) is 1.78. The molecule has 0 aliphatic carbocycles. The molecule has 0 saturated carbocycles. The molecule has 2 aromatic rings. The molecule has 116 valence electrons. The molecule has 0 atom stereocenters. The molecule has 0 aliphatic rings. The monoisotopic (exact) mass is 327 g/mol.